The quantitative estimate of drug-likeness (QED) is 0.189. The van der Waals surface area contributed by atoms with E-state index in [9.17, 15) is 24.6 Å². The van der Waals surface area contributed by atoms with Gasteiger partial charge in [0, 0.05) is 18.2 Å². The minimum absolute atomic E-state index is 0.0281. The van der Waals surface area contributed by atoms with Gasteiger partial charge in [-0.3, -0.25) is 19.1 Å². The molecule has 0 unspecified atom stereocenters. The van der Waals surface area contributed by atoms with Crippen LogP contribution in [-0.2, 0) is 18.4 Å². The van der Waals surface area contributed by atoms with Gasteiger partial charge in [0.1, 0.15) is 39.8 Å². The lowest BCUT2D eigenvalue weighted by Gasteiger charge is -2.27. The standard InChI is InChI=1S/C40H35N5O9/c1-19-33(46)31(25-13-12-24-37(41-25)44(39(50)42-38(24)49)16-15-21-7-14-27(52-5)28(17-21)53-6)35-32(34(19)47)40(3)29(54-35)18-26-30(36(40)48)20(2)43-45(26)22-8-10-23(51-4)11-9-22/h7-14,17-18,46-47H,15-16H2,1-6H3,(H,42,49,50)/t40-/m0/s1. The number of phenolic OH excluding ortho intramolecular Hbond substituents is 2. The van der Waals surface area contributed by atoms with E-state index in [2.05, 4.69) is 10.1 Å². The fourth-order valence-electron chi connectivity index (χ4n) is 7.40. The molecule has 4 heterocycles. The molecule has 1 aliphatic carbocycles. The fraction of sp³-hybridized carbons (Fsp3) is 0.225. The van der Waals surface area contributed by atoms with Crippen LogP contribution in [0.3, 0.4) is 0 Å². The molecule has 1 atom stereocenters. The zero-order valence-electron chi connectivity index (χ0n) is 30.2. The maximum absolute atomic E-state index is 14.6. The average molecular weight is 730 g/mol. The van der Waals surface area contributed by atoms with Crippen molar-refractivity contribution in [2.45, 2.75) is 39.2 Å². The van der Waals surface area contributed by atoms with E-state index in [0.717, 1.165) is 5.56 Å². The van der Waals surface area contributed by atoms with Crippen molar-refractivity contribution in [3.8, 4) is 51.4 Å². The Morgan fingerprint density at radius 1 is 0.889 bits per heavy atom. The molecular weight excluding hydrogens is 694 g/mol. The lowest BCUT2D eigenvalue weighted by molar-refractivity contribution is 0.0905. The van der Waals surface area contributed by atoms with Crippen LogP contribution in [0.5, 0.6) is 34.5 Å². The lowest BCUT2D eigenvalue weighted by atomic mass is 9.71. The zero-order chi connectivity index (χ0) is 38.2. The molecular formula is C40H35N5O9. The predicted molar refractivity (Wildman–Crippen MR) is 199 cm³/mol. The molecule has 14 heteroatoms. The zero-order valence-corrected chi connectivity index (χ0v) is 30.2. The Hall–Kier alpha value is -6.83. The summed E-state index contributed by atoms with van der Waals surface area (Å²) in [4.78, 5) is 48.0. The molecule has 14 nitrogen and oxygen atoms in total. The highest BCUT2D eigenvalue weighted by Crippen LogP contribution is 2.60. The van der Waals surface area contributed by atoms with Gasteiger partial charge in [-0.2, -0.15) is 5.10 Å². The van der Waals surface area contributed by atoms with Gasteiger partial charge >= 0.3 is 5.69 Å². The molecule has 3 aromatic carbocycles. The summed E-state index contributed by atoms with van der Waals surface area (Å²) in [5.41, 5.74) is 0.640. The van der Waals surface area contributed by atoms with E-state index in [4.69, 9.17) is 23.9 Å². The van der Waals surface area contributed by atoms with E-state index >= 15 is 0 Å². The molecule has 3 aromatic heterocycles. The topological polar surface area (TPSA) is 180 Å². The van der Waals surface area contributed by atoms with Crippen molar-refractivity contribution >= 4 is 22.9 Å². The third-order valence-corrected chi connectivity index (χ3v) is 10.4. The van der Waals surface area contributed by atoms with E-state index in [1.165, 1.54) is 30.7 Å². The van der Waals surface area contributed by atoms with Gasteiger partial charge in [0.25, 0.3) is 5.56 Å². The summed E-state index contributed by atoms with van der Waals surface area (Å²) in [6.45, 7) is 5.07. The number of fused-ring (bicyclic) bond motifs is 5. The Morgan fingerprint density at radius 3 is 2.33 bits per heavy atom. The third-order valence-electron chi connectivity index (χ3n) is 10.4. The van der Waals surface area contributed by atoms with Crippen molar-refractivity contribution < 1.29 is 34.0 Å². The molecule has 0 spiro atoms. The first-order valence-corrected chi connectivity index (χ1v) is 17.0. The minimum atomic E-state index is -1.49. The van der Waals surface area contributed by atoms with E-state index in [1.54, 1.807) is 63.1 Å². The van der Waals surface area contributed by atoms with Crippen LogP contribution in [0.15, 0.2) is 69.9 Å². The minimum Gasteiger partial charge on any atom is -0.507 e. The van der Waals surface area contributed by atoms with Crippen LogP contribution >= 0.6 is 0 Å². The largest absolute Gasteiger partial charge is 0.507 e. The molecule has 274 valence electrons. The highest BCUT2D eigenvalue weighted by molar-refractivity contribution is 6.14. The number of ether oxygens (including phenoxy) is 4. The first-order chi connectivity index (χ1) is 25.9. The number of nitrogens with one attached hydrogen (secondary N) is 1. The van der Waals surface area contributed by atoms with Gasteiger partial charge in [-0.05, 0) is 81.3 Å². The first-order valence-electron chi connectivity index (χ1n) is 17.0. The molecule has 54 heavy (non-hydrogen) atoms. The summed E-state index contributed by atoms with van der Waals surface area (Å²) >= 11 is 0. The van der Waals surface area contributed by atoms with Crippen molar-refractivity contribution in [1.82, 2.24) is 24.3 Å². The van der Waals surface area contributed by atoms with Gasteiger partial charge in [0.15, 0.2) is 17.3 Å². The number of H-pyrrole nitrogens is 1. The Balaban J connectivity index is 1.26. The number of carbonyl (C=O) groups is 1. The molecule has 1 aliphatic heterocycles. The van der Waals surface area contributed by atoms with Crippen LogP contribution in [0.4, 0.5) is 0 Å². The Morgan fingerprint density at radius 2 is 1.63 bits per heavy atom. The highest BCUT2D eigenvalue weighted by atomic mass is 16.5. The number of carbonyl (C=O) groups excluding carboxylic acids is 1. The van der Waals surface area contributed by atoms with Crippen LogP contribution in [0.25, 0.3) is 34.1 Å². The molecule has 0 saturated heterocycles. The Kier molecular flexibility index (Phi) is 7.87. The third kappa shape index (κ3) is 4.90. The maximum atomic E-state index is 14.6. The van der Waals surface area contributed by atoms with Crippen LogP contribution in [0.2, 0.25) is 0 Å². The van der Waals surface area contributed by atoms with E-state index in [1.807, 2.05) is 18.2 Å². The van der Waals surface area contributed by atoms with Crippen molar-refractivity contribution in [3.05, 3.63) is 115 Å². The van der Waals surface area contributed by atoms with Crippen molar-refractivity contribution in [1.29, 1.82) is 0 Å². The highest BCUT2D eigenvalue weighted by Gasteiger charge is 2.55. The number of rotatable bonds is 8. The molecule has 3 N–H and O–H groups in total. The number of aromatic hydroxyl groups is 2. The van der Waals surface area contributed by atoms with E-state index < -0.39 is 16.7 Å². The summed E-state index contributed by atoms with van der Waals surface area (Å²) in [6, 6.07) is 15.7. The number of aromatic nitrogens is 5. The number of hydrogen-bond donors (Lipinski definition) is 3. The summed E-state index contributed by atoms with van der Waals surface area (Å²) in [5.74, 6) is 1.000. The first kappa shape index (κ1) is 34.3. The number of pyridine rings is 1. The number of ketones is 1. The number of allylic oxidation sites excluding steroid dienone is 1. The van der Waals surface area contributed by atoms with Gasteiger partial charge in [0.05, 0.1) is 66.2 Å². The molecule has 0 saturated carbocycles. The lowest BCUT2D eigenvalue weighted by Crippen LogP contribution is -2.36. The van der Waals surface area contributed by atoms with Crippen LogP contribution in [0, 0.1) is 13.8 Å². The number of Topliss-reactive ketones (excluding diaryl/α,β-unsaturated/α-hetero) is 1. The second-order valence-electron chi connectivity index (χ2n) is 13.3. The summed E-state index contributed by atoms with van der Waals surface area (Å²) in [7, 11) is 4.65. The molecule has 0 bridgehead atoms. The van der Waals surface area contributed by atoms with Gasteiger partial charge in [-0.15, -0.1) is 0 Å². The molecule has 0 fully saturated rings. The van der Waals surface area contributed by atoms with Crippen molar-refractivity contribution in [2.75, 3.05) is 21.3 Å². The normalized spacial score (nSPS) is 15.7. The smallest absolute Gasteiger partial charge is 0.330 e. The number of methoxy groups -OCH3 is 3. The van der Waals surface area contributed by atoms with Crippen molar-refractivity contribution in [2.24, 2.45) is 0 Å². The number of phenols is 2. The average Bonchev–Trinajstić information content (AvgIpc) is 3.67. The molecule has 0 amide bonds. The number of aryl methyl sites for hydroxylation is 3. The van der Waals surface area contributed by atoms with E-state index in [-0.39, 0.29) is 68.8 Å². The fourth-order valence-corrected chi connectivity index (χ4v) is 7.40. The molecule has 0 radical (unpaired) electrons. The second-order valence-corrected chi connectivity index (χ2v) is 13.3. The van der Waals surface area contributed by atoms with Crippen LogP contribution in [-0.4, -0.2) is 61.6 Å². The molecule has 6 aromatic rings. The van der Waals surface area contributed by atoms with Gasteiger partial charge in [0.2, 0.25) is 0 Å². The molecule has 8 rings (SSSR count). The van der Waals surface area contributed by atoms with Crippen LogP contribution in [0.1, 0.15) is 45.4 Å². The predicted octanol–water partition coefficient (Wildman–Crippen LogP) is 5.12. The van der Waals surface area contributed by atoms with E-state index in [0.29, 0.717) is 46.3 Å². The monoisotopic (exact) mass is 729 g/mol. The number of hydrogen-bond acceptors (Lipinski definition) is 11. The summed E-state index contributed by atoms with van der Waals surface area (Å²) in [5, 5.41) is 28.0. The maximum Gasteiger partial charge on any atom is 0.330 e. The van der Waals surface area contributed by atoms with Gasteiger partial charge < -0.3 is 29.2 Å². The van der Waals surface area contributed by atoms with Crippen LogP contribution < -0.4 is 30.2 Å². The number of benzene rings is 3. The van der Waals surface area contributed by atoms with Gasteiger partial charge in [-0.1, -0.05) is 6.07 Å². The van der Waals surface area contributed by atoms with Gasteiger partial charge in [-0.25, -0.2) is 14.5 Å². The Labute approximate surface area is 307 Å². The second kappa shape index (κ2) is 12.4. The summed E-state index contributed by atoms with van der Waals surface area (Å²) < 4.78 is 25.5. The SMILES string of the molecule is COc1ccc(-n2nc(C)c3c2C=C2Oc4c(-c5ccc6c(=O)[nH]c(=O)n(CCc7ccc(OC)c(OC)c7)c6n5)c(O)c(C)c(O)c4[C@@]2(C)C3=O)cc1. The Bertz CT molecular complexity index is 2720. The van der Waals surface area contributed by atoms with Crippen molar-refractivity contribution in [3.63, 3.8) is 0 Å². The number of nitrogens with zero attached hydrogens (tertiary/aromatic N) is 4. The number of aromatic amines is 1. The summed E-state index contributed by atoms with van der Waals surface area (Å²) in [6.07, 6.45) is 2.09. The molecule has 2 aliphatic rings.